The number of nitrogens with zero attached hydrogens (tertiary/aromatic N) is 5. The number of aromatic nitrogens is 3. The second-order valence-corrected chi connectivity index (χ2v) is 9.35. The van der Waals surface area contributed by atoms with E-state index in [9.17, 15) is 9.59 Å². The molecule has 1 saturated carbocycles. The smallest absolute Gasteiger partial charge is 0.254 e. The molecule has 1 aromatic carbocycles. The zero-order valence-electron chi connectivity index (χ0n) is 19.1. The first-order chi connectivity index (χ1) is 16.6. The minimum Gasteiger partial charge on any atom is -0.353 e. The van der Waals surface area contributed by atoms with Gasteiger partial charge in [0.05, 0.1) is 12.2 Å². The van der Waals surface area contributed by atoms with Gasteiger partial charge in [-0.1, -0.05) is 13.0 Å². The van der Waals surface area contributed by atoms with E-state index in [4.69, 9.17) is 0 Å². The third-order valence-corrected chi connectivity index (χ3v) is 7.15. The number of nitrogens with one attached hydrogen (secondary N) is 1. The van der Waals surface area contributed by atoms with E-state index in [2.05, 4.69) is 44.2 Å². The van der Waals surface area contributed by atoms with Crippen LogP contribution in [0.25, 0.3) is 11.3 Å². The van der Waals surface area contributed by atoms with Gasteiger partial charge in [0.15, 0.2) is 0 Å². The largest absolute Gasteiger partial charge is 0.353 e. The molecule has 2 fully saturated rings. The van der Waals surface area contributed by atoms with E-state index >= 15 is 0 Å². The standard InChI is InChI=1S/C26H26N6O2/c1-2-17-5-8-27-21(11-17)19-13-29-25(30-14-19)32-16-26(6-7-26)20-4-3-18(12-22(20)32)24(34)31-10-9-28-23(33)15-31/h3-5,8,11-14H,2,6-7,9-10,15-16H2,1H3,(H,28,33). The Morgan fingerprint density at radius 2 is 1.94 bits per heavy atom. The molecule has 1 N–H and O–H groups in total. The fourth-order valence-electron chi connectivity index (χ4n) is 5.01. The second kappa shape index (κ2) is 7.90. The van der Waals surface area contributed by atoms with E-state index in [1.807, 2.05) is 36.8 Å². The maximum absolute atomic E-state index is 13.1. The molecule has 2 aromatic heterocycles. The number of anilines is 2. The van der Waals surface area contributed by atoms with Gasteiger partial charge in [0.1, 0.15) is 0 Å². The third-order valence-electron chi connectivity index (χ3n) is 7.15. The molecule has 1 aliphatic carbocycles. The molecule has 0 radical (unpaired) electrons. The van der Waals surface area contributed by atoms with E-state index in [-0.39, 0.29) is 23.8 Å². The molecule has 6 rings (SSSR count). The van der Waals surface area contributed by atoms with Crippen molar-refractivity contribution in [2.45, 2.75) is 31.6 Å². The summed E-state index contributed by atoms with van der Waals surface area (Å²) in [7, 11) is 0. The second-order valence-electron chi connectivity index (χ2n) is 9.35. The van der Waals surface area contributed by atoms with Crippen LogP contribution in [0.15, 0.2) is 48.9 Å². The lowest BCUT2D eigenvalue weighted by atomic mass is 9.97. The number of aryl methyl sites for hydroxylation is 1. The Labute approximate surface area is 198 Å². The first-order valence-electron chi connectivity index (χ1n) is 11.8. The average molecular weight is 455 g/mol. The summed E-state index contributed by atoms with van der Waals surface area (Å²) in [5.74, 6) is 0.390. The van der Waals surface area contributed by atoms with E-state index in [1.54, 1.807) is 4.90 Å². The summed E-state index contributed by atoms with van der Waals surface area (Å²) in [5.41, 5.74) is 5.93. The van der Waals surface area contributed by atoms with Gasteiger partial charge in [-0.05, 0) is 54.7 Å². The number of rotatable bonds is 4. The highest BCUT2D eigenvalue weighted by Gasteiger charge is 2.52. The average Bonchev–Trinajstić information content (AvgIpc) is 3.59. The SMILES string of the molecule is CCc1ccnc(-c2cnc(N3CC4(CC4)c4ccc(C(=O)N5CCNC(=O)C5)cc43)nc2)c1. The Morgan fingerprint density at radius 3 is 2.68 bits per heavy atom. The number of piperazine rings is 1. The number of carbonyl (C=O) groups is 2. The van der Waals surface area contributed by atoms with E-state index < -0.39 is 0 Å². The zero-order chi connectivity index (χ0) is 23.3. The zero-order valence-corrected chi connectivity index (χ0v) is 19.1. The lowest BCUT2D eigenvalue weighted by Crippen LogP contribution is -2.49. The molecule has 1 saturated heterocycles. The molecule has 2 aliphatic heterocycles. The van der Waals surface area contributed by atoms with Gasteiger partial charge in [-0.2, -0.15) is 0 Å². The van der Waals surface area contributed by atoms with E-state index in [1.165, 1.54) is 11.1 Å². The van der Waals surface area contributed by atoms with Crippen LogP contribution in [0.4, 0.5) is 11.6 Å². The molecule has 172 valence electrons. The molecule has 8 nitrogen and oxygen atoms in total. The van der Waals surface area contributed by atoms with Crippen LogP contribution in [0, 0.1) is 0 Å². The molecule has 3 aromatic rings. The molecule has 34 heavy (non-hydrogen) atoms. The predicted molar refractivity (Wildman–Crippen MR) is 128 cm³/mol. The molecule has 0 bridgehead atoms. The molecule has 3 aliphatic rings. The van der Waals surface area contributed by atoms with Gasteiger partial charge in [-0.25, -0.2) is 9.97 Å². The Hall–Kier alpha value is -3.81. The van der Waals surface area contributed by atoms with Crippen molar-refractivity contribution in [2.24, 2.45) is 0 Å². The van der Waals surface area contributed by atoms with Crippen molar-refractivity contribution in [3.05, 3.63) is 65.6 Å². The van der Waals surface area contributed by atoms with Crippen molar-refractivity contribution < 1.29 is 9.59 Å². The van der Waals surface area contributed by atoms with Gasteiger partial charge in [0, 0.05) is 60.5 Å². The fourth-order valence-corrected chi connectivity index (χ4v) is 5.01. The normalized spacial score (nSPS) is 18.1. The summed E-state index contributed by atoms with van der Waals surface area (Å²) >= 11 is 0. The van der Waals surface area contributed by atoms with Crippen molar-refractivity contribution in [3.63, 3.8) is 0 Å². The van der Waals surface area contributed by atoms with Crippen LogP contribution in [-0.2, 0) is 16.6 Å². The lowest BCUT2D eigenvalue weighted by Gasteiger charge is -2.27. The fraction of sp³-hybridized carbons (Fsp3) is 0.346. The summed E-state index contributed by atoms with van der Waals surface area (Å²) in [5, 5.41) is 2.77. The molecular weight excluding hydrogens is 428 g/mol. The molecule has 0 unspecified atom stereocenters. The topological polar surface area (TPSA) is 91.3 Å². The number of hydrogen-bond acceptors (Lipinski definition) is 6. The molecule has 2 amide bonds. The Kier molecular flexibility index (Phi) is 4.83. The number of benzene rings is 1. The summed E-state index contributed by atoms with van der Waals surface area (Å²) in [6.45, 7) is 4.04. The number of carbonyl (C=O) groups excluding carboxylic acids is 2. The monoisotopic (exact) mass is 454 g/mol. The number of fused-ring (bicyclic) bond motifs is 2. The van der Waals surface area contributed by atoms with Gasteiger partial charge >= 0.3 is 0 Å². The van der Waals surface area contributed by atoms with Crippen LogP contribution in [-0.4, -0.2) is 57.8 Å². The van der Waals surface area contributed by atoms with E-state index in [0.717, 1.165) is 42.8 Å². The van der Waals surface area contributed by atoms with Crippen molar-refractivity contribution in [1.82, 2.24) is 25.2 Å². The minimum absolute atomic E-state index is 0.0986. The van der Waals surface area contributed by atoms with Crippen molar-refractivity contribution in [2.75, 3.05) is 31.1 Å². The molecule has 4 heterocycles. The van der Waals surface area contributed by atoms with Gasteiger partial charge in [0.2, 0.25) is 11.9 Å². The van der Waals surface area contributed by atoms with Crippen LogP contribution < -0.4 is 10.2 Å². The molecule has 0 atom stereocenters. The van der Waals surface area contributed by atoms with Crippen LogP contribution in [0.1, 0.15) is 41.3 Å². The lowest BCUT2D eigenvalue weighted by molar-refractivity contribution is -0.123. The Balaban J connectivity index is 1.31. The highest BCUT2D eigenvalue weighted by atomic mass is 16.2. The van der Waals surface area contributed by atoms with Crippen LogP contribution in [0.5, 0.6) is 0 Å². The third kappa shape index (κ3) is 3.50. The predicted octanol–water partition coefficient (Wildman–Crippen LogP) is 2.86. The van der Waals surface area contributed by atoms with Crippen molar-refractivity contribution in [1.29, 1.82) is 0 Å². The highest BCUT2D eigenvalue weighted by molar-refractivity contribution is 5.98. The van der Waals surface area contributed by atoms with Crippen LogP contribution >= 0.6 is 0 Å². The summed E-state index contributed by atoms with van der Waals surface area (Å²) in [6.07, 6.45) is 8.67. The van der Waals surface area contributed by atoms with Gasteiger partial charge in [-0.15, -0.1) is 0 Å². The van der Waals surface area contributed by atoms with Crippen LogP contribution in [0.2, 0.25) is 0 Å². The summed E-state index contributed by atoms with van der Waals surface area (Å²) in [4.78, 5) is 42.4. The maximum Gasteiger partial charge on any atom is 0.254 e. The van der Waals surface area contributed by atoms with Crippen LogP contribution in [0.3, 0.4) is 0 Å². The minimum atomic E-state index is -0.119. The Bertz CT molecular complexity index is 1280. The summed E-state index contributed by atoms with van der Waals surface area (Å²) in [6, 6.07) is 10.0. The summed E-state index contributed by atoms with van der Waals surface area (Å²) < 4.78 is 0. The van der Waals surface area contributed by atoms with Crippen molar-refractivity contribution >= 4 is 23.5 Å². The number of amides is 2. The highest BCUT2D eigenvalue weighted by Crippen LogP contribution is 2.57. The molecular formula is C26H26N6O2. The Morgan fingerprint density at radius 1 is 1.12 bits per heavy atom. The number of pyridine rings is 1. The first kappa shape index (κ1) is 20.8. The quantitative estimate of drug-likeness (QED) is 0.652. The van der Waals surface area contributed by atoms with Gasteiger partial charge in [0.25, 0.3) is 5.91 Å². The maximum atomic E-state index is 13.1. The first-order valence-corrected chi connectivity index (χ1v) is 11.8. The molecule has 8 heteroatoms. The van der Waals surface area contributed by atoms with Crippen molar-refractivity contribution in [3.8, 4) is 11.3 Å². The van der Waals surface area contributed by atoms with Gasteiger partial charge in [-0.3, -0.25) is 14.6 Å². The van der Waals surface area contributed by atoms with Gasteiger partial charge < -0.3 is 15.1 Å². The van der Waals surface area contributed by atoms with E-state index in [0.29, 0.717) is 24.6 Å². The number of hydrogen-bond donors (Lipinski definition) is 1. The molecule has 1 spiro atoms.